The second-order valence-corrected chi connectivity index (χ2v) is 4.38. The summed E-state index contributed by atoms with van der Waals surface area (Å²) in [5.74, 6) is 0.994. The fourth-order valence-corrected chi connectivity index (χ4v) is 2.15. The number of piperidine rings is 1. The van der Waals surface area contributed by atoms with Crippen LogP contribution in [0.25, 0.3) is 0 Å². The van der Waals surface area contributed by atoms with E-state index >= 15 is 0 Å². The van der Waals surface area contributed by atoms with Crippen LogP contribution in [0.1, 0.15) is 30.4 Å². The van der Waals surface area contributed by atoms with Gasteiger partial charge >= 0.3 is 0 Å². The van der Waals surface area contributed by atoms with Gasteiger partial charge < -0.3 is 10.2 Å². The molecule has 1 aromatic heterocycles. The quantitative estimate of drug-likeness (QED) is 0.788. The molecular weight excluding hydrogens is 218 g/mol. The highest BCUT2D eigenvalue weighted by atomic mass is 16.2. The SMILES string of the molecule is CCNCC1CCN(C(=O)c2ncn[nH]2)CC1. The van der Waals surface area contributed by atoms with E-state index in [4.69, 9.17) is 0 Å². The van der Waals surface area contributed by atoms with E-state index in [1.165, 1.54) is 6.33 Å². The number of hydrogen-bond acceptors (Lipinski definition) is 4. The van der Waals surface area contributed by atoms with Crippen molar-refractivity contribution in [2.75, 3.05) is 26.2 Å². The minimum Gasteiger partial charge on any atom is -0.336 e. The zero-order valence-electron chi connectivity index (χ0n) is 10.1. The fourth-order valence-electron chi connectivity index (χ4n) is 2.15. The minimum absolute atomic E-state index is 0.0376. The van der Waals surface area contributed by atoms with Gasteiger partial charge in [0.2, 0.25) is 5.82 Å². The molecule has 0 saturated carbocycles. The van der Waals surface area contributed by atoms with E-state index in [0.29, 0.717) is 11.7 Å². The second-order valence-electron chi connectivity index (χ2n) is 4.38. The summed E-state index contributed by atoms with van der Waals surface area (Å²) in [6, 6.07) is 0. The molecule has 1 aliphatic rings. The first-order valence-electron chi connectivity index (χ1n) is 6.16. The zero-order valence-corrected chi connectivity index (χ0v) is 10.1. The average Bonchev–Trinajstić information content (AvgIpc) is 2.90. The molecule has 0 spiro atoms. The van der Waals surface area contributed by atoms with E-state index in [1.807, 2.05) is 4.90 Å². The Morgan fingerprint density at radius 2 is 2.35 bits per heavy atom. The van der Waals surface area contributed by atoms with Gasteiger partial charge in [-0.3, -0.25) is 9.89 Å². The Morgan fingerprint density at radius 3 is 2.94 bits per heavy atom. The standard InChI is InChI=1S/C11H19N5O/c1-2-12-7-9-3-5-16(6-4-9)11(17)10-13-8-14-15-10/h8-9,12H,2-7H2,1H3,(H,13,14,15). The van der Waals surface area contributed by atoms with Gasteiger partial charge in [-0.25, -0.2) is 4.98 Å². The number of likely N-dealkylation sites (tertiary alicyclic amines) is 1. The summed E-state index contributed by atoms with van der Waals surface area (Å²) in [4.78, 5) is 17.7. The third-order valence-electron chi connectivity index (χ3n) is 3.20. The molecule has 0 atom stereocenters. The number of amides is 1. The molecule has 1 saturated heterocycles. The number of nitrogens with one attached hydrogen (secondary N) is 2. The van der Waals surface area contributed by atoms with Gasteiger partial charge in [0.15, 0.2) is 0 Å². The maximum Gasteiger partial charge on any atom is 0.291 e. The smallest absolute Gasteiger partial charge is 0.291 e. The predicted molar refractivity (Wildman–Crippen MR) is 63.6 cm³/mol. The van der Waals surface area contributed by atoms with Gasteiger partial charge in [0.1, 0.15) is 6.33 Å². The van der Waals surface area contributed by atoms with Crippen LogP contribution in [0.5, 0.6) is 0 Å². The average molecular weight is 237 g/mol. The van der Waals surface area contributed by atoms with E-state index < -0.39 is 0 Å². The first-order chi connectivity index (χ1) is 8.31. The first-order valence-corrected chi connectivity index (χ1v) is 6.16. The molecule has 1 aliphatic heterocycles. The maximum atomic E-state index is 12.0. The minimum atomic E-state index is -0.0376. The van der Waals surface area contributed by atoms with Crippen LogP contribution in [-0.4, -0.2) is 52.2 Å². The largest absolute Gasteiger partial charge is 0.336 e. The van der Waals surface area contributed by atoms with Gasteiger partial charge in [0.25, 0.3) is 5.91 Å². The Balaban J connectivity index is 1.81. The van der Waals surface area contributed by atoms with Crippen molar-refractivity contribution in [2.24, 2.45) is 5.92 Å². The Morgan fingerprint density at radius 1 is 1.59 bits per heavy atom. The number of H-pyrrole nitrogens is 1. The molecular formula is C11H19N5O. The summed E-state index contributed by atoms with van der Waals surface area (Å²) in [5, 5.41) is 9.67. The summed E-state index contributed by atoms with van der Waals surface area (Å²) in [7, 11) is 0. The Kier molecular flexibility index (Phi) is 4.08. The molecule has 6 nitrogen and oxygen atoms in total. The van der Waals surface area contributed by atoms with Gasteiger partial charge in [-0.1, -0.05) is 6.92 Å². The zero-order chi connectivity index (χ0) is 12.1. The molecule has 0 radical (unpaired) electrons. The summed E-state index contributed by atoms with van der Waals surface area (Å²) in [6.45, 7) is 5.81. The Labute approximate surface area is 101 Å². The van der Waals surface area contributed by atoms with Crippen LogP contribution in [0, 0.1) is 5.92 Å². The number of aromatic amines is 1. The maximum absolute atomic E-state index is 12.0. The number of carbonyl (C=O) groups is 1. The van der Waals surface area contributed by atoms with Crippen LogP contribution in [-0.2, 0) is 0 Å². The number of carbonyl (C=O) groups excluding carboxylic acids is 1. The highest BCUT2D eigenvalue weighted by molar-refractivity contribution is 5.90. The summed E-state index contributed by atoms with van der Waals surface area (Å²) in [6.07, 6.45) is 3.49. The molecule has 1 amide bonds. The molecule has 6 heteroatoms. The Bertz CT molecular complexity index is 343. The van der Waals surface area contributed by atoms with E-state index in [2.05, 4.69) is 27.4 Å². The van der Waals surface area contributed by atoms with Crippen molar-refractivity contribution in [3.05, 3.63) is 12.2 Å². The predicted octanol–water partition coefficient (Wildman–Crippen LogP) is 0.266. The summed E-state index contributed by atoms with van der Waals surface area (Å²) >= 11 is 0. The summed E-state index contributed by atoms with van der Waals surface area (Å²) in [5.41, 5.74) is 0. The molecule has 0 aromatic carbocycles. The monoisotopic (exact) mass is 237 g/mol. The Hall–Kier alpha value is -1.43. The van der Waals surface area contributed by atoms with Gasteiger partial charge in [-0.05, 0) is 31.8 Å². The van der Waals surface area contributed by atoms with Crippen LogP contribution in [0.15, 0.2) is 6.33 Å². The van der Waals surface area contributed by atoms with Crippen LogP contribution >= 0.6 is 0 Å². The molecule has 2 N–H and O–H groups in total. The third kappa shape index (κ3) is 3.03. The number of hydrogen-bond donors (Lipinski definition) is 2. The lowest BCUT2D eigenvalue weighted by molar-refractivity contribution is 0.0678. The molecule has 1 fully saturated rings. The molecule has 1 aromatic rings. The lowest BCUT2D eigenvalue weighted by Gasteiger charge is -2.31. The number of rotatable bonds is 4. The van der Waals surface area contributed by atoms with Crippen molar-refractivity contribution in [1.29, 1.82) is 0 Å². The van der Waals surface area contributed by atoms with Crippen LogP contribution in [0.2, 0.25) is 0 Å². The number of aromatic nitrogens is 3. The van der Waals surface area contributed by atoms with Crippen molar-refractivity contribution < 1.29 is 4.79 Å². The molecule has 0 unspecified atom stereocenters. The molecule has 2 heterocycles. The van der Waals surface area contributed by atoms with E-state index in [0.717, 1.165) is 39.0 Å². The van der Waals surface area contributed by atoms with E-state index in [1.54, 1.807) is 0 Å². The van der Waals surface area contributed by atoms with Gasteiger partial charge in [-0.2, -0.15) is 5.10 Å². The van der Waals surface area contributed by atoms with Crippen LogP contribution in [0.3, 0.4) is 0 Å². The van der Waals surface area contributed by atoms with E-state index in [9.17, 15) is 4.79 Å². The normalized spacial score (nSPS) is 17.4. The molecule has 0 bridgehead atoms. The molecule has 2 rings (SSSR count). The van der Waals surface area contributed by atoms with Crippen molar-refractivity contribution in [3.63, 3.8) is 0 Å². The van der Waals surface area contributed by atoms with Crippen LogP contribution < -0.4 is 5.32 Å². The lowest BCUT2D eigenvalue weighted by Crippen LogP contribution is -2.41. The highest BCUT2D eigenvalue weighted by Crippen LogP contribution is 2.17. The van der Waals surface area contributed by atoms with Gasteiger partial charge in [0.05, 0.1) is 0 Å². The fraction of sp³-hybridized carbons (Fsp3) is 0.727. The summed E-state index contributed by atoms with van der Waals surface area (Å²) < 4.78 is 0. The van der Waals surface area contributed by atoms with Crippen molar-refractivity contribution in [3.8, 4) is 0 Å². The molecule has 94 valence electrons. The molecule has 0 aliphatic carbocycles. The van der Waals surface area contributed by atoms with Crippen molar-refractivity contribution in [1.82, 2.24) is 25.4 Å². The van der Waals surface area contributed by atoms with E-state index in [-0.39, 0.29) is 5.91 Å². The number of nitrogens with zero attached hydrogens (tertiary/aromatic N) is 3. The first kappa shape index (κ1) is 12.0. The third-order valence-corrected chi connectivity index (χ3v) is 3.20. The topological polar surface area (TPSA) is 73.9 Å². The van der Waals surface area contributed by atoms with Gasteiger partial charge in [-0.15, -0.1) is 0 Å². The highest BCUT2D eigenvalue weighted by Gasteiger charge is 2.24. The van der Waals surface area contributed by atoms with Crippen molar-refractivity contribution in [2.45, 2.75) is 19.8 Å². The molecule has 17 heavy (non-hydrogen) atoms. The van der Waals surface area contributed by atoms with Crippen molar-refractivity contribution >= 4 is 5.91 Å². The lowest BCUT2D eigenvalue weighted by atomic mass is 9.97. The second kappa shape index (κ2) is 5.77. The van der Waals surface area contributed by atoms with Gasteiger partial charge in [0, 0.05) is 13.1 Å². The van der Waals surface area contributed by atoms with Crippen LogP contribution in [0.4, 0.5) is 0 Å².